The van der Waals surface area contributed by atoms with E-state index in [2.05, 4.69) is 10.4 Å². The van der Waals surface area contributed by atoms with E-state index in [0.717, 1.165) is 32.0 Å². The number of rotatable bonds is 2. The molecule has 0 atom stereocenters. The Morgan fingerprint density at radius 1 is 1.38 bits per heavy atom. The maximum atomic E-state index is 8.75. The molecule has 0 aliphatic carbocycles. The number of nitrogens with two attached hydrogens (primary N) is 1. The molecular weight excluding hydrogens is 204 g/mol. The van der Waals surface area contributed by atoms with Crippen LogP contribution in [0.3, 0.4) is 0 Å². The molecule has 0 radical (unpaired) electrons. The fourth-order valence-corrected chi connectivity index (χ4v) is 1.59. The number of ether oxygens (including phenoxy) is 1. The molecule has 84 valence electrons. The van der Waals surface area contributed by atoms with Crippen LogP contribution < -0.4 is 11.2 Å². The third kappa shape index (κ3) is 2.42. The fourth-order valence-electron chi connectivity index (χ4n) is 1.59. The Kier molecular flexibility index (Phi) is 3.25. The van der Waals surface area contributed by atoms with Gasteiger partial charge in [0.05, 0.1) is 30.2 Å². The summed E-state index contributed by atoms with van der Waals surface area (Å²) in [5.41, 5.74) is 10.9. The third-order valence-corrected chi connectivity index (χ3v) is 2.47. The molecule has 0 unspecified atom stereocenters. The van der Waals surface area contributed by atoms with E-state index in [-0.39, 0.29) is 0 Å². The van der Waals surface area contributed by atoms with E-state index in [9.17, 15) is 0 Å². The van der Waals surface area contributed by atoms with Gasteiger partial charge in [0.2, 0.25) is 0 Å². The van der Waals surface area contributed by atoms with Crippen LogP contribution in [0.2, 0.25) is 0 Å². The summed E-state index contributed by atoms with van der Waals surface area (Å²) in [6, 6.07) is 7.38. The lowest BCUT2D eigenvalue weighted by molar-refractivity contribution is 0.0497. The van der Waals surface area contributed by atoms with Crippen molar-refractivity contribution in [2.45, 2.75) is 0 Å². The summed E-state index contributed by atoms with van der Waals surface area (Å²) in [5.74, 6) is 0. The molecule has 0 saturated carbocycles. The highest BCUT2D eigenvalue weighted by Gasteiger charge is 2.10. The molecule has 0 aromatic heterocycles. The van der Waals surface area contributed by atoms with Crippen LogP contribution in [0.15, 0.2) is 18.2 Å². The molecule has 2 rings (SSSR count). The monoisotopic (exact) mass is 218 g/mol. The number of hydrogen-bond donors (Lipinski definition) is 2. The summed E-state index contributed by atoms with van der Waals surface area (Å²) < 4.78 is 5.25. The molecule has 5 nitrogen and oxygen atoms in total. The largest absolute Gasteiger partial charge is 0.398 e. The van der Waals surface area contributed by atoms with Crippen molar-refractivity contribution < 1.29 is 4.74 Å². The Bertz CT molecular complexity index is 407. The Morgan fingerprint density at radius 2 is 2.12 bits per heavy atom. The van der Waals surface area contributed by atoms with Crippen LogP contribution in [0.1, 0.15) is 5.56 Å². The Morgan fingerprint density at radius 3 is 2.75 bits per heavy atom. The van der Waals surface area contributed by atoms with Crippen molar-refractivity contribution in [2.75, 3.05) is 37.5 Å². The zero-order valence-corrected chi connectivity index (χ0v) is 8.94. The zero-order chi connectivity index (χ0) is 11.4. The molecule has 3 N–H and O–H groups in total. The number of nitrogen functional groups attached to an aromatic ring is 1. The summed E-state index contributed by atoms with van der Waals surface area (Å²) in [6.07, 6.45) is 0. The first-order valence-electron chi connectivity index (χ1n) is 5.18. The van der Waals surface area contributed by atoms with Gasteiger partial charge in [-0.05, 0) is 18.2 Å². The quantitative estimate of drug-likeness (QED) is 0.718. The van der Waals surface area contributed by atoms with Crippen molar-refractivity contribution in [3.8, 4) is 6.07 Å². The minimum atomic E-state index is 0.501. The lowest BCUT2D eigenvalue weighted by atomic mass is 10.2. The molecule has 0 amide bonds. The lowest BCUT2D eigenvalue weighted by Gasteiger charge is -2.28. The smallest absolute Gasteiger partial charge is 0.101 e. The Hall–Kier alpha value is -1.77. The maximum absolute atomic E-state index is 8.75. The van der Waals surface area contributed by atoms with Gasteiger partial charge in [0.25, 0.3) is 0 Å². The first kappa shape index (κ1) is 10.7. The summed E-state index contributed by atoms with van der Waals surface area (Å²) in [6.45, 7) is 3.16. The first-order chi connectivity index (χ1) is 7.79. The summed E-state index contributed by atoms with van der Waals surface area (Å²) in [7, 11) is 0. The van der Waals surface area contributed by atoms with Crippen molar-refractivity contribution in [3.05, 3.63) is 23.8 Å². The molecule has 0 bridgehead atoms. The van der Waals surface area contributed by atoms with Crippen molar-refractivity contribution in [3.63, 3.8) is 0 Å². The van der Waals surface area contributed by atoms with Crippen molar-refractivity contribution in [2.24, 2.45) is 0 Å². The van der Waals surface area contributed by atoms with E-state index in [1.807, 2.05) is 12.1 Å². The van der Waals surface area contributed by atoms with Gasteiger partial charge in [-0.25, -0.2) is 5.01 Å². The normalized spacial score (nSPS) is 16.7. The highest BCUT2D eigenvalue weighted by atomic mass is 16.5. The molecule has 5 heteroatoms. The number of nitrogens with one attached hydrogen (secondary N) is 1. The SMILES string of the molecule is N#Cc1ccc(NN2CCOCC2)cc1N. The lowest BCUT2D eigenvalue weighted by Crippen LogP contribution is -2.40. The highest BCUT2D eigenvalue weighted by molar-refractivity contribution is 5.62. The van der Waals surface area contributed by atoms with Gasteiger partial charge in [-0.2, -0.15) is 5.26 Å². The Balaban J connectivity index is 2.04. The minimum absolute atomic E-state index is 0.501. The number of nitrogens with zero attached hydrogens (tertiary/aromatic N) is 2. The molecule has 1 aliphatic rings. The average Bonchev–Trinajstić information content (AvgIpc) is 2.31. The molecule has 1 aromatic carbocycles. The van der Waals surface area contributed by atoms with E-state index in [1.165, 1.54) is 0 Å². The van der Waals surface area contributed by atoms with Gasteiger partial charge in [0.1, 0.15) is 6.07 Å². The second-order valence-corrected chi connectivity index (χ2v) is 3.63. The summed E-state index contributed by atoms with van der Waals surface area (Å²) in [5, 5.41) is 10.8. The second kappa shape index (κ2) is 4.84. The van der Waals surface area contributed by atoms with Crippen LogP contribution in [0, 0.1) is 11.3 Å². The van der Waals surface area contributed by atoms with E-state index < -0.39 is 0 Å². The number of hydrazine groups is 1. The Labute approximate surface area is 94.4 Å². The van der Waals surface area contributed by atoms with Gasteiger partial charge in [-0.15, -0.1) is 0 Å². The minimum Gasteiger partial charge on any atom is -0.398 e. The van der Waals surface area contributed by atoms with E-state index >= 15 is 0 Å². The predicted octanol–water partition coefficient (Wildman–Crippen LogP) is 0.800. The first-order valence-corrected chi connectivity index (χ1v) is 5.18. The molecule has 1 fully saturated rings. The molecule has 16 heavy (non-hydrogen) atoms. The number of benzene rings is 1. The number of anilines is 2. The van der Waals surface area contributed by atoms with Crippen LogP contribution in [-0.2, 0) is 4.74 Å². The average molecular weight is 218 g/mol. The molecule has 1 saturated heterocycles. The number of nitriles is 1. The van der Waals surface area contributed by atoms with Gasteiger partial charge in [-0.1, -0.05) is 0 Å². The van der Waals surface area contributed by atoms with Crippen LogP contribution >= 0.6 is 0 Å². The summed E-state index contributed by atoms with van der Waals surface area (Å²) >= 11 is 0. The maximum Gasteiger partial charge on any atom is 0.101 e. The molecule has 1 aliphatic heterocycles. The van der Waals surface area contributed by atoms with Gasteiger partial charge in [0.15, 0.2) is 0 Å². The van der Waals surface area contributed by atoms with Crippen molar-refractivity contribution in [1.29, 1.82) is 5.26 Å². The molecule has 1 aromatic rings. The predicted molar refractivity (Wildman–Crippen MR) is 61.6 cm³/mol. The van der Waals surface area contributed by atoms with E-state index in [0.29, 0.717) is 11.3 Å². The zero-order valence-electron chi connectivity index (χ0n) is 8.94. The van der Waals surface area contributed by atoms with Gasteiger partial charge in [0, 0.05) is 13.1 Å². The van der Waals surface area contributed by atoms with Crippen LogP contribution in [0.4, 0.5) is 11.4 Å². The number of hydrogen-bond acceptors (Lipinski definition) is 5. The van der Waals surface area contributed by atoms with Gasteiger partial charge >= 0.3 is 0 Å². The van der Waals surface area contributed by atoms with E-state index in [1.54, 1.807) is 12.1 Å². The van der Waals surface area contributed by atoms with Crippen LogP contribution in [0.5, 0.6) is 0 Å². The topological polar surface area (TPSA) is 74.3 Å². The van der Waals surface area contributed by atoms with E-state index in [4.69, 9.17) is 15.7 Å². The molecular formula is C11H14N4O. The standard InChI is InChI=1S/C11H14N4O/c12-8-9-1-2-10(7-11(9)13)14-15-3-5-16-6-4-15/h1-2,7,14H,3-6,13H2. The van der Waals surface area contributed by atoms with Crippen LogP contribution in [0.25, 0.3) is 0 Å². The molecule has 1 heterocycles. The van der Waals surface area contributed by atoms with Gasteiger partial charge < -0.3 is 15.9 Å². The summed E-state index contributed by atoms with van der Waals surface area (Å²) in [4.78, 5) is 0. The van der Waals surface area contributed by atoms with Crippen molar-refractivity contribution in [1.82, 2.24) is 5.01 Å². The number of morpholine rings is 1. The third-order valence-electron chi connectivity index (χ3n) is 2.47. The highest BCUT2D eigenvalue weighted by Crippen LogP contribution is 2.17. The fraction of sp³-hybridized carbons (Fsp3) is 0.364. The molecule has 0 spiro atoms. The van der Waals surface area contributed by atoms with Crippen LogP contribution in [-0.4, -0.2) is 31.3 Å². The second-order valence-electron chi connectivity index (χ2n) is 3.63. The van der Waals surface area contributed by atoms with Gasteiger partial charge in [-0.3, -0.25) is 0 Å². The van der Waals surface area contributed by atoms with Crippen molar-refractivity contribution >= 4 is 11.4 Å².